The molecule has 0 spiro atoms. The molecular formula is C10H21N3O. The van der Waals surface area contributed by atoms with Gasteiger partial charge in [-0.15, -0.1) is 0 Å². The van der Waals surface area contributed by atoms with Crippen molar-refractivity contribution in [3.8, 4) is 0 Å². The highest BCUT2D eigenvalue weighted by molar-refractivity contribution is 5.74. The lowest BCUT2D eigenvalue weighted by molar-refractivity contribution is 0.126. The first-order valence-electron chi connectivity index (χ1n) is 5.42. The predicted molar refractivity (Wildman–Crippen MR) is 57.1 cm³/mol. The Hall–Kier alpha value is -0.770. The first-order chi connectivity index (χ1) is 6.70. The van der Waals surface area contributed by atoms with E-state index < -0.39 is 0 Å². The molecule has 2 amide bonds. The standard InChI is InChI=1S/C10H21N3O/c1-3-12(2)10(14)13-7-5-4-6-9(13)8-11/h9H,3-8,11H2,1-2H3. The minimum atomic E-state index is 0.127. The van der Waals surface area contributed by atoms with Crippen molar-refractivity contribution in [3.05, 3.63) is 0 Å². The number of piperidine rings is 1. The van der Waals surface area contributed by atoms with Crippen LogP contribution in [0.3, 0.4) is 0 Å². The van der Waals surface area contributed by atoms with Crippen LogP contribution in [0.25, 0.3) is 0 Å². The first kappa shape index (κ1) is 11.3. The summed E-state index contributed by atoms with van der Waals surface area (Å²) < 4.78 is 0. The molecule has 1 fully saturated rings. The molecule has 0 aromatic carbocycles. The summed E-state index contributed by atoms with van der Waals surface area (Å²) in [5.74, 6) is 0. The number of amides is 2. The molecule has 1 heterocycles. The van der Waals surface area contributed by atoms with Crippen molar-refractivity contribution in [1.29, 1.82) is 0 Å². The van der Waals surface area contributed by atoms with Gasteiger partial charge in [0.25, 0.3) is 0 Å². The largest absolute Gasteiger partial charge is 0.328 e. The van der Waals surface area contributed by atoms with Gasteiger partial charge in [-0.3, -0.25) is 0 Å². The lowest BCUT2D eigenvalue weighted by atomic mass is 10.0. The van der Waals surface area contributed by atoms with E-state index >= 15 is 0 Å². The number of hydrogen-bond donors (Lipinski definition) is 1. The highest BCUT2D eigenvalue weighted by atomic mass is 16.2. The Kier molecular flexibility index (Phi) is 4.20. The fourth-order valence-corrected chi connectivity index (χ4v) is 1.85. The lowest BCUT2D eigenvalue weighted by Gasteiger charge is -2.37. The maximum Gasteiger partial charge on any atom is 0.320 e. The summed E-state index contributed by atoms with van der Waals surface area (Å²) in [6, 6.07) is 0.382. The van der Waals surface area contributed by atoms with Gasteiger partial charge in [0.1, 0.15) is 0 Å². The van der Waals surface area contributed by atoms with Crippen LogP contribution in [-0.4, -0.2) is 48.6 Å². The van der Waals surface area contributed by atoms with E-state index in [1.54, 1.807) is 4.90 Å². The van der Waals surface area contributed by atoms with Crippen molar-refractivity contribution in [2.24, 2.45) is 5.73 Å². The van der Waals surface area contributed by atoms with E-state index in [4.69, 9.17) is 5.73 Å². The highest BCUT2D eigenvalue weighted by Gasteiger charge is 2.26. The molecule has 1 aliphatic rings. The summed E-state index contributed by atoms with van der Waals surface area (Å²) in [6.45, 7) is 4.19. The Morgan fingerprint density at radius 3 is 2.86 bits per heavy atom. The van der Waals surface area contributed by atoms with E-state index in [-0.39, 0.29) is 12.1 Å². The Labute approximate surface area is 86.0 Å². The van der Waals surface area contributed by atoms with E-state index in [1.165, 1.54) is 6.42 Å². The van der Waals surface area contributed by atoms with E-state index in [2.05, 4.69) is 0 Å². The fraction of sp³-hybridized carbons (Fsp3) is 0.900. The quantitative estimate of drug-likeness (QED) is 0.717. The monoisotopic (exact) mass is 199 g/mol. The second-order valence-electron chi connectivity index (χ2n) is 3.88. The molecule has 82 valence electrons. The summed E-state index contributed by atoms with van der Waals surface area (Å²) in [5, 5.41) is 0. The van der Waals surface area contributed by atoms with Gasteiger partial charge in [0.2, 0.25) is 0 Å². The van der Waals surface area contributed by atoms with Crippen LogP contribution in [-0.2, 0) is 0 Å². The van der Waals surface area contributed by atoms with Crippen LogP contribution in [0.4, 0.5) is 4.79 Å². The molecular weight excluding hydrogens is 178 g/mol. The molecule has 1 aliphatic heterocycles. The summed E-state index contributed by atoms with van der Waals surface area (Å²) >= 11 is 0. The minimum Gasteiger partial charge on any atom is -0.328 e. The normalized spacial score (nSPS) is 22.2. The first-order valence-corrected chi connectivity index (χ1v) is 5.42. The zero-order chi connectivity index (χ0) is 10.6. The number of carbonyl (C=O) groups is 1. The number of rotatable bonds is 2. The molecule has 2 N–H and O–H groups in total. The van der Waals surface area contributed by atoms with Crippen molar-refractivity contribution >= 4 is 6.03 Å². The molecule has 0 aromatic heterocycles. The van der Waals surface area contributed by atoms with Crippen LogP contribution in [0.2, 0.25) is 0 Å². The van der Waals surface area contributed by atoms with Crippen molar-refractivity contribution in [2.45, 2.75) is 32.2 Å². The maximum atomic E-state index is 11.9. The lowest BCUT2D eigenvalue weighted by Crippen LogP contribution is -2.51. The zero-order valence-corrected chi connectivity index (χ0v) is 9.20. The third-order valence-corrected chi connectivity index (χ3v) is 2.95. The molecule has 0 aliphatic carbocycles. The molecule has 1 saturated heterocycles. The van der Waals surface area contributed by atoms with Crippen LogP contribution >= 0.6 is 0 Å². The van der Waals surface area contributed by atoms with Gasteiger partial charge in [-0.05, 0) is 26.2 Å². The van der Waals surface area contributed by atoms with Gasteiger partial charge >= 0.3 is 6.03 Å². The van der Waals surface area contributed by atoms with E-state index in [0.717, 1.165) is 25.9 Å². The number of nitrogens with zero attached hydrogens (tertiary/aromatic N) is 2. The Morgan fingerprint density at radius 1 is 1.57 bits per heavy atom. The smallest absolute Gasteiger partial charge is 0.320 e. The molecule has 1 atom stereocenters. The fourth-order valence-electron chi connectivity index (χ4n) is 1.85. The average molecular weight is 199 g/mol. The molecule has 0 saturated carbocycles. The van der Waals surface area contributed by atoms with Crippen LogP contribution in [0.5, 0.6) is 0 Å². The van der Waals surface area contributed by atoms with Gasteiger partial charge in [0.15, 0.2) is 0 Å². The van der Waals surface area contributed by atoms with Gasteiger partial charge in [-0.2, -0.15) is 0 Å². The van der Waals surface area contributed by atoms with E-state index in [0.29, 0.717) is 6.54 Å². The molecule has 0 bridgehead atoms. The van der Waals surface area contributed by atoms with Crippen LogP contribution in [0.1, 0.15) is 26.2 Å². The maximum absolute atomic E-state index is 11.9. The molecule has 4 heteroatoms. The number of hydrogen-bond acceptors (Lipinski definition) is 2. The molecule has 1 rings (SSSR count). The summed E-state index contributed by atoms with van der Waals surface area (Å²) in [6.07, 6.45) is 3.36. The summed E-state index contributed by atoms with van der Waals surface area (Å²) in [7, 11) is 1.84. The topological polar surface area (TPSA) is 49.6 Å². The van der Waals surface area contributed by atoms with Gasteiger partial charge in [0.05, 0.1) is 0 Å². The Balaban J connectivity index is 2.58. The molecule has 4 nitrogen and oxygen atoms in total. The van der Waals surface area contributed by atoms with Crippen molar-refractivity contribution in [3.63, 3.8) is 0 Å². The van der Waals surface area contributed by atoms with Crippen LogP contribution in [0.15, 0.2) is 0 Å². The number of urea groups is 1. The van der Waals surface area contributed by atoms with E-state index in [9.17, 15) is 4.79 Å². The molecule has 0 radical (unpaired) electrons. The summed E-state index contributed by atoms with van der Waals surface area (Å²) in [5.41, 5.74) is 5.66. The van der Waals surface area contributed by atoms with E-state index in [1.807, 2.05) is 18.9 Å². The van der Waals surface area contributed by atoms with Gasteiger partial charge in [-0.1, -0.05) is 0 Å². The van der Waals surface area contributed by atoms with Gasteiger partial charge < -0.3 is 15.5 Å². The SMILES string of the molecule is CCN(C)C(=O)N1CCCCC1CN. The Bertz CT molecular complexity index is 196. The summed E-state index contributed by atoms with van der Waals surface area (Å²) in [4.78, 5) is 15.6. The third-order valence-electron chi connectivity index (χ3n) is 2.95. The van der Waals surface area contributed by atoms with Crippen molar-refractivity contribution in [2.75, 3.05) is 26.7 Å². The zero-order valence-electron chi connectivity index (χ0n) is 9.20. The second kappa shape index (κ2) is 5.20. The number of nitrogens with two attached hydrogens (primary N) is 1. The molecule has 1 unspecified atom stereocenters. The van der Waals surface area contributed by atoms with Gasteiger partial charge in [-0.25, -0.2) is 4.79 Å². The van der Waals surface area contributed by atoms with Crippen molar-refractivity contribution < 1.29 is 4.79 Å². The predicted octanol–water partition coefficient (Wildman–Crippen LogP) is 0.871. The number of carbonyl (C=O) groups excluding carboxylic acids is 1. The minimum absolute atomic E-state index is 0.127. The van der Waals surface area contributed by atoms with Crippen molar-refractivity contribution in [1.82, 2.24) is 9.80 Å². The van der Waals surface area contributed by atoms with Crippen LogP contribution < -0.4 is 5.73 Å². The third kappa shape index (κ3) is 2.38. The van der Waals surface area contributed by atoms with Gasteiger partial charge in [0, 0.05) is 32.7 Å². The molecule has 0 aromatic rings. The number of likely N-dealkylation sites (tertiary alicyclic amines) is 1. The average Bonchev–Trinajstić information content (AvgIpc) is 2.26. The second-order valence-corrected chi connectivity index (χ2v) is 3.88. The van der Waals surface area contributed by atoms with Crippen LogP contribution in [0, 0.1) is 0 Å². The highest BCUT2D eigenvalue weighted by Crippen LogP contribution is 2.17. The molecule has 14 heavy (non-hydrogen) atoms. The Morgan fingerprint density at radius 2 is 2.29 bits per heavy atom.